The molecule has 2 heteroatoms. The maximum atomic E-state index is 9.55. The van der Waals surface area contributed by atoms with Gasteiger partial charge in [0.05, 0.1) is 6.10 Å². The molecule has 0 aliphatic carbocycles. The lowest BCUT2D eigenvalue weighted by Crippen LogP contribution is -1.94. The number of benzene rings is 1. The highest BCUT2D eigenvalue weighted by molar-refractivity contribution is 9.10. The molecule has 0 aliphatic rings. The minimum atomic E-state index is -0.431. The normalized spacial score (nSPS) is 12.5. The van der Waals surface area contributed by atoms with Crippen molar-refractivity contribution in [2.75, 3.05) is 0 Å². The smallest absolute Gasteiger partial charge is 0.0824 e. The van der Waals surface area contributed by atoms with Crippen molar-refractivity contribution in [2.45, 2.75) is 12.5 Å². The summed E-state index contributed by atoms with van der Waals surface area (Å²) in [4.78, 5) is 0. The van der Waals surface area contributed by atoms with Crippen LogP contribution in [0.5, 0.6) is 0 Å². The summed E-state index contributed by atoms with van der Waals surface area (Å²) in [6, 6.07) is 7.66. The summed E-state index contributed by atoms with van der Waals surface area (Å²) in [6.45, 7) is 3.58. The summed E-state index contributed by atoms with van der Waals surface area (Å²) in [5, 5.41) is 9.55. The van der Waals surface area contributed by atoms with E-state index in [-0.39, 0.29) is 0 Å². The Morgan fingerprint density at radius 1 is 1.58 bits per heavy atom. The Hall–Kier alpha value is -0.600. The zero-order valence-electron chi connectivity index (χ0n) is 6.70. The van der Waals surface area contributed by atoms with Crippen molar-refractivity contribution < 1.29 is 5.11 Å². The van der Waals surface area contributed by atoms with Crippen LogP contribution in [0.4, 0.5) is 0 Å². The summed E-state index contributed by atoms with van der Waals surface area (Å²) < 4.78 is 0.989. The third kappa shape index (κ3) is 2.47. The van der Waals surface area contributed by atoms with Gasteiger partial charge in [-0.25, -0.2) is 0 Å². The summed E-state index contributed by atoms with van der Waals surface area (Å²) in [7, 11) is 0. The van der Waals surface area contributed by atoms with Crippen molar-refractivity contribution in [2.24, 2.45) is 0 Å². The molecule has 1 nitrogen and oxygen atoms in total. The molecule has 0 unspecified atom stereocenters. The van der Waals surface area contributed by atoms with Gasteiger partial charge in [0, 0.05) is 4.47 Å². The highest BCUT2D eigenvalue weighted by Crippen LogP contribution is 2.20. The fraction of sp³-hybridized carbons (Fsp3) is 0.200. The highest BCUT2D eigenvalue weighted by Gasteiger charge is 2.04. The van der Waals surface area contributed by atoms with Crippen molar-refractivity contribution >= 4 is 15.9 Å². The van der Waals surface area contributed by atoms with Crippen LogP contribution in [0.15, 0.2) is 41.4 Å². The molecular formula is C10H11BrO. The summed E-state index contributed by atoms with van der Waals surface area (Å²) >= 11 is 3.34. The second kappa shape index (κ2) is 4.43. The molecule has 12 heavy (non-hydrogen) atoms. The maximum Gasteiger partial charge on any atom is 0.0824 e. The third-order valence-electron chi connectivity index (χ3n) is 1.62. The Bertz CT molecular complexity index is 270. The van der Waals surface area contributed by atoms with Crippen LogP contribution in [-0.2, 0) is 0 Å². The second-order valence-corrected chi connectivity index (χ2v) is 3.51. The van der Waals surface area contributed by atoms with Crippen LogP contribution in [-0.4, -0.2) is 5.11 Å². The van der Waals surface area contributed by atoms with Crippen LogP contribution < -0.4 is 0 Å². The Kier molecular flexibility index (Phi) is 3.50. The van der Waals surface area contributed by atoms with Gasteiger partial charge in [0.15, 0.2) is 0 Å². The van der Waals surface area contributed by atoms with Gasteiger partial charge in [-0.2, -0.15) is 0 Å². The standard InChI is InChI=1S/C10H11BrO/c1-2-4-10(12)8-5-3-6-9(11)7-8/h2-3,5-7,10,12H,1,4H2/t10-/m1/s1. The van der Waals surface area contributed by atoms with Gasteiger partial charge in [0.2, 0.25) is 0 Å². The summed E-state index contributed by atoms with van der Waals surface area (Å²) in [6.07, 6.45) is 1.88. The number of hydrogen-bond acceptors (Lipinski definition) is 1. The highest BCUT2D eigenvalue weighted by atomic mass is 79.9. The quantitative estimate of drug-likeness (QED) is 0.786. The molecular weight excluding hydrogens is 216 g/mol. The number of aliphatic hydroxyl groups excluding tert-OH is 1. The Balaban J connectivity index is 2.80. The first kappa shape index (κ1) is 9.49. The first-order valence-corrected chi connectivity index (χ1v) is 4.57. The molecule has 0 amide bonds. The molecule has 0 saturated carbocycles. The summed E-state index contributed by atoms with van der Waals surface area (Å²) in [5.74, 6) is 0. The van der Waals surface area contributed by atoms with Gasteiger partial charge in [-0.15, -0.1) is 6.58 Å². The average molecular weight is 227 g/mol. The zero-order chi connectivity index (χ0) is 8.97. The van der Waals surface area contributed by atoms with Gasteiger partial charge in [-0.1, -0.05) is 34.1 Å². The molecule has 1 rings (SSSR count). The van der Waals surface area contributed by atoms with E-state index in [1.165, 1.54) is 0 Å². The molecule has 0 spiro atoms. The van der Waals surface area contributed by atoms with Crippen molar-refractivity contribution in [3.8, 4) is 0 Å². The molecule has 0 heterocycles. The molecule has 64 valence electrons. The lowest BCUT2D eigenvalue weighted by Gasteiger charge is -2.07. The second-order valence-electron chi connectivity index (χ2n) is 2.60. The first-order chi connectivity index (χ1) is 5.74. The van der Waals surface area contributed by atoms with Gasteiger partial charge in [0.1, 0.15) is 0 Å². The van der Waals surface area contributed by atoms with E-state index >= 15 is 0 Å². The maximum absolute atomic E-state index is 9.55. The van der Waals surface area contributed by atoms with E-state index in [4.69, 9.17) is 0 Å². The molecule has 0 fully saturated rings. The predicted octanol–water partition coefficient (Wildman–Crippen LogP) is 3.06. The van der Waals surface area contributed by atoms with Crippen LogP contribution >= 0.6 is 15.9 Å². The largest absolute Gasteiger partial charge is 0.388 e. The van der Waals surface area contributed by atoms with Gasteiger partial charge >= 0.3 is 0 Å². The van der Waals surface area contributed by atoms with E-state index in [9.17, 15) is 5.11 Å². The molecule has 0 aliphatic heterocycles. The Morgan fingerprint density at radius 3 is 2.92 bits per heavy atom. The van der Waals surface area contributed by atoms with Gasteiger partial charge < -0.3 is 5.11 Å². The van der Waals surface area contributed by atoms with E-state index in [1.54, 1.807) is 6.08 Å². The Morgan fingerprint density at radius 2 is 2.33 bits per heavy atom. The number of aliphatic hydroxyl groups is 1. The zero-order valence-corrected chi connectivity index (χ0v) is 8.29. The SMILES string of the molecule is C=CC[C@@H](O)c1cccc(Br)c1. The van der Waals surface area contributed by atoms with Crippen molar-refractivity contribution in [1.82, 2.24) is 0 Å². The molecule has 1 aromatic carbocycles. The molecule has 0 radical (unpaired) electrons. The van der Waals surface area contributed by atoms with Crippen LogP contribution in [0.2, 0.25) is 0 Å². The lowest BCUT2D eigenvalue weighted by atomic mass is 10.1. The third-order valence-corrected chi connectivity index (χ3v) is 2.12. The average Bonchev–Trinajstić information content (AvgIpc) is 2.05. The first-order valence-electron chi connectivity index (χ1n) is 3.78. The van der Waals surface area contributed by atoms with E-state index in [1.807, 2.05) is 24.3 Å². The van der Waals surface area contributed by atoms with Crippen molar-refractivity contribution in [1.29, 1.82) is 0 Å². The minimum absolute atomic E-state index is 0.431. The monoisotopic (exact) mass is 226 g/mol. The van der Waals surface area contributed by atoms with Crippen molar-refractivity contribution in [3.63, 3.8) is 0 Å². The molecule has 1 N–H and O–H groups in total. The van der Waals surface area contributed by atoms with Crippen LogP contribution in [0.25, 0.3) is 0 Å². The summed E-state index contributed by atoms with van der Waals surface area (Å²) in [5.41, 5.74) is 0.921. The van der Waals surface area contributed by atoms with E-state index in [0.717, 1.165) is 10.0 Å². The molecule has 0 aromatic heterocycles. The van der Waals surface area contributed by atoms with E-state index < -0.39 is 6.10 Å². The molecule has 1 aromatic rings. The fourth-order valence-electron chi connectivity index (χ4n) is 1.01. The van der Waals surface area contributed by atoms with Gasteiger partial charge in [-0.3, -0.25) is 0 Å². The van der Waals surface area contributed by atoms with Crippen molar-refractivity contribution in [3.05, 3.63) is 47.0 Å². The lowest BCUT2D eigenvalue weighted by molar-refractivity contribution is 0.181. The molecule has 1 atom stereocenters. The van der Waals surface area contributed by atoms with Gasteiger partial charge in [0.25, 0.3) is 0 Å². The van der Waals surface area contributed by atoms with Crippen LogP contribution in [0.1, 0.15) is 18.1 Å². The van der Waals surface area contributed by atoms with E-state index in [0.29, 0.717) is 6.42 Å². The topological polar surface area (TPSA) is 20.2 Å². The Labute approximate surface area is 80.9 Å². The fourth-order valence-corrected chi connectivity index (χ4v) is 1.42. The van der Waals surface area contributed by atoms with Crippen LogP contribution in [0.3, 0.4) is 0 Å². The molecule has 0 saturated heterocycles. The number of rotatable bonds is 3. The minimum Gasteiger partial charge on any atom is -0.388 e. The number of halogens is 1. The predicted molar refractivity (Wildman–Crippen MR) is 53.9 cm³/mol. The van der Waals surface area contributed by atoms with Crippen LogP contribution in [0, 0.1) is 0 Å². The van der Waals surface area contributed by atoms with Gasteiger partial charge in [-0.05, 0) is 24.1 Å². The molecule has 0 bridgehead atoms. The number of hydrogen-bond donors (Lipinski definition) is 1. The van der Waals surface area contributed by atoms with E-state index in [2.05, 4.69) is 22.5 Å².